The lowest BCUT2D eigenvalue weighted by Gasteiger charge is -2.38. The molecule has 0 saturated carbocycles. The van der Waals surface area contributed by atoms with Crippen LogP contribution < -0.4 is 4.74 Å². The van der Waals surface area contributed by atoms with Crippen LogP contribution in [0, 0.1) is 0 Å². The van der Waals surface area contributed by atoms with Crippen LogP contribution in [0.1, 0.15) is 0 Å². The molecule has 1 aromatic carbocycles. The molecule has 100 valence electrons. The van der Waals surface area contributed by atoms with Gasteiger partial charge in [0, 0.05) is 0 Å². The Morgan fingerprint density at radius 1 is 1.06 bits per heavy atom. The SMILES string of the molecule is O[C@@H]1[C@@H](O)[C@H](S)O[C@H](COc2ccccc2)[C@@H]1O. The Hall–Kier alpha value is -0.790. The van der Waals surface area contributed by atoms with Gasteiger partial charge < -0.3 is 24.8 Å². The van der Waals surface area contributed by atoms with Gasteiger partial charge in [0.1, 0.15) is 42.2 Å². The van der Waals surface area contributed by atoms with Crippen molar-refractivity contribution in [3.05, 3.63) is 30.3 Å². The molecule has 6 heteroatoms. The van der Waals surface area contributed by atoms with Gasteiger partial charge in [0.05, 0.1) is 0 Å². The molecule has 0 spiro atoms. The fraction of sp³-hybridized carbons (Fsp3) is 0.500. The van der Waals surface area contributed by atoms with E-state index in [-0.39, 0.29) is 6.61 Å². The summed E-state index contributed by atoms with van der Waals surface area (Å²) in [5.41, 5.74) is -0.840. The Bertz CT molecular complexity index is 374. The fourth-order valence-corrected chi connectivity index (χ4v) is 2.10. The number of thiol groups is 1. The Labute approximate surface area is 110 Å². The van der Waals surface area contributed by atoms with Gasteiger partial charge in [0.2, 0.25) is 0 Å². The standard InChI is InChI=1S/C12H16O5S/c13-9-8(17-12(18)11(15)10(9)14)6-16-7-4-2-1-3-5-7/h1-5,8-15,18H,6H2/t8-,9+,10+,11-,12+/m1/s1. The highest BCUT2D eigenvalue weighted by Gasteiger charge is 2.42. The fourth-order valence-electron chi connectivity index (χ4n) is 1.76. The normalized spacial score (nSPS) is 36.3. The largest absolute Gasteiger partial charge is 0.491 e. The molecular weight excluding hydrogens is 256 g/mol. The Kier molecular flexibility index (Phi) is 4.47. The van der Waals surface area contributed by atoms with E-state index in [2.05, 4.69) is 12.6 Å². The van der Waals surface area contributed by atoms with E-state index in [1.165, 1.54) is 0 Å². The van der Waals surface area contributed by atoms with Crippen molar-refractivity contribution in [3.63, 3.8) is 0 Å². The summed E-state index contributed by atoms with van der Waals surface area (Å²) in [5, 5.41) is 28.8. The quantitative estimate of drug-likeness (QED) is 0.573. The first-order chi connectivity index (χ1) is 8.59. The third-order valence-electron chi connectivity index (χ3n) is 2.84. The van der Waals surface area contributed by atoms with E-state index in [0.29, 0.717) is 5.75 Å². The van der Waals surface area contributed by atoms with Crippen LogP contribution in [0.5, 0.6) is 5.75 Å². The minimum Gasteiger partial charge on any atom is -0.491 e. The molecule has 1 fully saturated rings. The first-order valence-corrected chi connectivity index (χ1v) is 6.17. The number of aliphatic hydroxyl groups excluding tert-OH is 3. The maximum Gasteiger partial charge on any atom is 0.129 e. The molecule has 0 aliphatic carbocycles. The predicted molar refractivity (Wildman–Crippen MR) is 67.6 cm³/mol. The van der Waals surface area contributed by atoms with Gasteiger partial charge in [0.25, 0.3) is 0 Å². The number of ether oxygens (including phenoxy) is 2. The highest BCUT2D eigenvalue weighted by Crippen LogP contribution is 2.24. The van der Waals surface area contributed by atoms with Crippen molar-refractivity contribution in [2.45, 2.75) is 29.9 Å². The number of hydrogen-bond acceptors (Lipinski definition) is 6. The lowest BCUT2D eigenvalue weighted by atomic mass is 10.0. The second-order valence-corrected chi connectivity index (χ2v) is 4.67. The van der Waals surface area contributed by atoms with E-state index < -0.39 is 29.9 Å². The highest BCUT2D eigenvalue weighted by atomic mass is 32.1. The minimum absolute atomic E-state index is 0.0754. The molecule has 5 nitrogen and oxygen atoms in total. The molecule has 5 atom stereocenters. The van der Waals surface area contributed by atoms with Crippen molar-refractivity contribution in [2.24, 2.45) is 0 Å². The van der Waals surface area contributed by atoms with Gasteiger partial charge >= 0.3 is 0 Å². The predicted octanol–water partition coefficient (Wildman–Crippen LogP) is -0.197. The molecule has 18 heavy (non-hydrogen) atoms. The molecule has 3 N–H and O–H groups in total. The van der Waals surface area contributed by atoms with Crippen LogP contribution in [0.15, 0.2) is 30.3 Å². The van der Waals surface area contributed by atoms with Gasteiger partial charge in [0.15, 0.2) is 0 Å². The summed E-state index contributed by atoms with van der Waals surface area (Å²) in [7, 11) is 0. The molecule has 2 rings (SSSR count). The molecular formula is C12H16O5S. The molecule has 1 aromatic rings. The number of aliphatic hydroxyl groups is 3. The van der Waals surface area contributed by atoms with Gasteiger partial charge in [-0.2, -0.15) is 0 Å². The third kappa shape index (κ3) is 2.96. The van der Waals surface area contributed by atoms with Gasteiger partial charge in [-0.15, -0.1) is 12.6 Å². The van der Waals surface area contributed by atoms with Gasteiger partial charge in [-0.3, -0.25) is 0 Å². The average molecular weight is 272 g/mol. The number of para-hydroxylation sites is 1. The number of hydrogen-bond donors (Lipinski definition) is 4. The molecule has 0 unspecified atom stereocenters. The maximum absolute atomic E-state index is 9.75. The van der Waals surface area contributed by atoms with Crippen molar-refractivity contribution >= 4 is 12.6 Å². The average Bonchev–Trinajstić information content (AvgIpc) is 2.40. The van der Waals surface area contributed by atoms with Crippen molar-refractivity contribution in [1.82, 2.24) is 0 Å². The van der Waals surface area contributed by atoms with Crippen LogP contribution in [0.2, 0.25) is 0 Å². The number of rotatable bonds is 3. The zero-order valence-corrected chi connectivity index (χ0v) is 10.5. The Morgan fingerprint density at radius 3 is 2.39 bits per heavy atom. The van der Waals surface area contributed by atoms with Crippen LogP contribution in [0.4, 0.5) is 0 Å². The van der Waals surface area contributed by atoms with E-state index in [1.54, 1.807) is 12.1 Å². The first-order valence-electron chi connectivity index (χ1n) is 5.65. The van der Waals surface area contributed by atoms with Crippen molar-refractivity contribution in [2.75, 3.05) is 6.61 Å². The lowest BCUT2D eigenvalue weighted by molar-refractivity contribution is -0.203. The summed E-state index contributed by atoms with van der Waals surface area (Å²) in [6, 6.07) is 9.07. The summed E-state index contributed by atoms with van der Waals surface area (Å²) in [6.45, 7) is 0.0754. The van der Waals surface area contributed by atoms with E-state index in [4.69, 9.17) is 9.47 Å². The van der Waals surface area contributed by atoms with Crippen molar-refractivity contribution < 1.29 is 24.8 Å². The molecule has 1 heterocycles. The summed E-state index contributed by atoms with van der Waals surface area (Å²) >= 11 is 4.00. The molecule has 0 amide bonds. The molecule has 1 aliphatic heterocycles. The molecule has 0 radical (unpaired) electrons. The van der Waals surface area contributed by atoms with E-state index in [1.807, 2.05) is 18.2 Å². The summed E-state index contributed by atoms with van der Waals surface area (Å²) < 4.78 is 10.7. The molecule has 0 bridgehead atoms. The first kappa shape index (κ1) is 13.6. The number of benzene rings is 1. The zero-order chi connectivity index (χ0) is 13.1. The maximum atomic E-state index is 9.75. The van der Waals surface area contributed by atoms with E-state index >= 15 is 0 Å². The topological polar surface area (TPSA) is 79.2 Å². The van der Waals surface area contributed by atoms with Crippen LogP contribution >= 0.6 is 12.6 Å². The monoisotopic (exact) mass is 272 g/mol. The summed E-state index contributed by atoms with van der Waals surface area (Å²) in [5.74, 6) is 0.643. The van der Waals surface area contributed by atoms with E-state index in [0.717, 1.165) is 0 Å². The van der Waals surface area contributed by atoms with Gasteiger partial charge in [-0.25, -0.2) is 0 Å². The second kappa shape index (κ2) is 5.90. The third-order valence-corrected chi connectivity index (χ3v) is 3.27. The molecule has 1 aliphatic rings. The van der Waals surface area contributed by atoms with Gasteiger partial charge in [-0.1, -0.05) is 18.2 Å². The smallest absolute Gasteiger partial charge is 0.129 e. The van der Waals surface area contributed by atoms with E-state index in [9.17, 15) is 15.3 Å². The van der Waals surface area contributed by atoms with Gasteiger partial charge in [-0.05, 0) is 12.1 Å². The second-order valence-electron chi connectivity index (χ2n) is 4.16. The zero-order valence-electron chi connectivity index (χ0n) is 9.59. The van der Waals surface area contributed by atoms with Crippen LogP contribution in [0.3, 0.4) is 0 Å². The molecule has 1 saturated heterocycles. The van der Waals surface area contributed by atoms with Crippen LogP contribution in [-0.4, -0.2) is 51.8 Å². The highest BCUT2D eigenvalue weighted by molar-refractivity contribution is 7.80. The summed E-state index contributed by atoms with van der Waals surface area (Å²) in [6.07, 6.45) is -4.43. The summed E-state index contributed by atoms with van der Waals surface area (Å²) in [4.78, 5) is 0. The Balaban J connectivity index is 1.93. The van der Waals surface area contributed by atoms with Crippen molar-refractivity contribution in [1.29, 1.82) is 0 Å². The molecule has 0 aromatic heterocycles. The van der Waals surface area contributed by atoms with Crippen LogP contribution in [0.25, 0.3) is 0 Å². The minimum atomic E-state index is -1.29. The Morgan fingerprint density at radius 2 is 1.72 bits per heavy atom. The van der Waals surface area contributed by atoms with Crippen molar-refractivity contribution in [3.8, 4) is 5.75 Å². The lowest BCUT2D eigenvalue weighted by Crippen LogP contribution is -2.57. The van der Waals surface area contributed by atoms with Crippen LogP contribution in [-0.2, 0) is 4.74 Å².